The molecule has 0 amide bonds. The molecule has 0 aliphatic carbocycles. The normalized spacial score (nSPS) is 12.0. The van der Waals surface area contributed by atoms with E-state index in [1.54, 1.807) is 0 Å². The van der Waals surface area contributed by atoms with Crippen LogP contribution in [-0.2, 0) is 6.42 Å². The molecule has 0 saturated heterocycles. The van der Waals surface area contributed by atoms with Gasteiger partial charge in [0.05, 0.1) is 0 Å². The molecule has 1 aromatic rings. The topological polar surface area (TPSA) is 13.1 Å². The van der Waals surface area contributed by atoms with Crippen LogP contribution >= 0.6 is 0 Å². The van der Waals surface area contributed by atoms with Gasteiger partial charge in [-0.2, -0.15) is 0 Å². The van der Waals surface area contributed by atoms with E-state index >= 15 is 0 Å². The van der Waals surface area contributed by atoms with Crippen LogP contribution in [0, 0.1) is 0 Å². The predicted octanol–water partition coefficient (Wildman–Crippen LogP) is 8.63. The molecular weight excluding hydrogens is 435 g/mol. The summed E-state index contributed by atoms with van der Waals surface area (Å²) in [6, 6.07) is 4.47. The Morgan fingerprint density at radius 2 is 1.00 bits per heavy atom. The molecule has 0 radical (unpaired) electrons. The fourth-order valence-electron chi connectivity index (χ4n) is 3.76. The van der Waals surface area contributed by atoms with Gasteiger partial charge in [0, 0.05) is 0 Å². The molecule has 2 heteroatoms. The number of furan rings is 1. The molecule has 1 rings (SSSR count). The second kappa shape index (κ2) is 15.9. The molecule has 0 aromatic carbocycles. The van der Waals surface area contributed by atoms with Crippen molar-refractivity contribution in [3.05, 3.63) is 17.9 Å². The van der Waals surface area contributed by atoms with Crippen molar-refractivity contribution in [1.82, 2.24) is 0 Å². The van der Waals surface area contributed by atoms with E-state index in [4.69, 9.17) is 4.42 Å². The Bertz CT molecular complexity index is 443. The summed E-state index contributed by atoms with van der Waals surface area (Å²) in [5.74, 6) is 1.22. The first-order valence-corrected chi connectivity index (χ1v) is 22.1. The van der Waals surface area contributed by atoms with Gasteiger partial charge in [-0.1, -0.05) is 58.3 Å². The van der Waals surface area contributed by atoms with Gasteiger partial charge in [-0.25, -0.2) is 0 Å². The summed E-state index contributed by atoms with van der Waals surface area (Å²) >= 11 is -1.99. The molecule has 0 fully saturated rings. The Morgan fingerprint density at radius 1 is 0.593 bits per heavy atom. The SMILES string of the molecule is CCCCCCCCCCCCCCCCCCc1cc[c]([Sn]([CH3])([CH3])[CH3])o1. The summed E-state index contributed by atoms with van der Waals surface area (Å²) in [5, 5.41) is 0. The Labute approximate surface area is 175 Å². The zero-order valence-corrected chi connectivity index (χ0v) is 21.9. The van der Waals surface area contributed by atoms with Gasteiger partial charge in [0.1, 0.15) is 0 Å². The molecule has 0 aliphatic rings. The first kappa shape index (κ1) is 25.1. The molecule has 0 saturated carbocycles. The summed E-state index contributed by atoms with van der Waals surface area (Å²) in [6.45, 7) is 2.30. The van der Waals surface area contributed by atoms with Gasteiger partial charge >= 0.3 is 117 Å². The zero-order chi connectivity index (χ0) is 19.8. The summed E-state index contributed by atoms with van der Waals surface area (Å²) in [4.78, 5) is 7.27. The fraction of sp³-hybridized carbons (Fsp3) is 0.840. The van der Waals surface area contributed by atoms with E-state index in [1.165, 1.54) is 112 Å². The van der Waals surface area contributed by atoms with Gasteiger partial charge in [-0.05, 0) is 0 Å². The number of rotatable bonds is 18. The predicted molar refractivity (Wildman–Crippen MR) is 125 cm³/mol. The van der Waals surface area contributed by atoms with Crippen molar-refractivity contribution in [2.45, 2.75) is 131 Å². The molecule has 0 spiro atoms. The Morgan fingerprint density at radius 3 is 1.37 bits per heavy atom. The van der Waals surface area contributed by atoms with E-state index in [2.05, 4.69) is 33.9 Å². The molecule has 0 bridgehead atoms. The van der Waals surface area contributed by atoms with E-state index < -0.39 is 18.4 Å². The molecule has 1 aromatic heterocycles. The summed E-state index contributed by atoms with van der Waals surface area (Å²) < 4.78 is 7.40. The molecule has 0 unspecified atom stereocenters. The molecule has 158 valence electrons. The van der Waals surface area contributed by atoms with E-state index in [-0.39, 0.29) is 0 Å². The number of hydrogen-bond donors (Lipinski definition) is 0. The Balaban J connectivity index is 1.81. The summed E-state index contributed by atoms with van der Waals surface area (Å²) in [5.41, 5.74) is 0. The van der Waals surface area contributed by atoms with Gasteiger partial charge < -0.3 is 0 Å². The van der Waals surface area contributed by atoms with Crippen LogP contribution in [0.5, 0.6) is 0 Å². The van der Waals surface area contributed by atoms with E-state index in [1.807, 2.05) is 0 Å². The minimum atomic E-state index is -1.99. The van der Waals surface area contributed by atoms with Crippen molar-refractivity contribution < 1.29 is 4.42 Å². The maximum absolute atomic E-state index is 6.07. The van der Waals surface area contributed by atoms with Crippen LogP contribution in [0.15, 0.2) is 16.5 Å². The zero-order valence-electron chi connectivity index (χ0n) is 19.1. The van der Waals surface area contributed by atoms with Crippen molar-refractivity contribution in [2.24, 2.45) is 0 Å². The molecule has 0 atom stereocenters. The van der Waals surface area contributed by atoms with E-state index in [0.717, 1.165) is 6.42 Å². The van der Waals surface area contributed by atoms with Gasteiger partial charge in [0.2, 0.25) is 0 Å². The third kappa shape index (κ3) is 13.8. The third-order valence-corrected chi connectivity index (χ3v) is 10.7. The fourth-order valence-corrected chi connectivity index (χ4v) is 6.68. The second-order valence-corrected chi connectivity index (χ2v) is 23.8. The molecule has 0 aliphatic heterocycles. The number of aryl methyl sites for hydroxylation is 1. The standard InChI is InChI=1S/C22H39O.3CH3.Sn/c1-2-3-4-5-6-7-8-9-10-11-12-13-14-15-16-17-19-22-20-18-21-23-22;;;;/h18,20H,2-17,19H2,1H3;3*1H3;. The third-order valence-electron chi connectivity index (χ3n) is 5.68. The van der Waals surface area contributed by atoms with Crippen LogP contribution in [0.3, 0.4) is 0 Å². The molecule has 27 heavy (non-hydrogen) atoms. The Hall–Kier alpha value is 0.0787. The van der Waals surface area contributed by atoms with E-state index in [0.29, 0.717) is 0 Å². The quantitative estimate of drug-likeness (QED) is 0.151. The number of hydrogen-bond acceptors (Lipinski definition) is 1. The van der Waals surface area contributed by atoms with Crippen molar-refractivity contribution in [2.75, 3.05) is 0 Å². The first-order valence-electron chi connectivity index (χ1n) is 12.1. The summed E-state index contributed by atoms with van der Waals surface area (Å²) in [6.07, 6.45) is 24.1. The Kier molecular flexibility index (Phi) is 14.8. The second-order valence-electron chi connectivity index (χ2n) is 9.57. The van der Waals surface area contributed by atoms with Crippen LogP contribution in [-0.4, -0.2) is 18.4 Å². The first-order chi connectivity index (χ1) is 13.0. The van der Waals surface area contributed by atoms with Crippen LogP contribution in [0.1, 0.15) is 115 Å². The van der Waals surface area contributed by atoms with Crippen molar-refractivity contribution in [3.63, 3.8) is 0 Å². The van der Waals surface area contributed by atoms with Crippen LogP contribution in [0.4, 0.5) is 0 Å². The average Bonchev–Trinajstić information content (AvgIpc) is 3.11. The van der Waals surface area contributed by atoms with E-state index in [9.17, 15) is 0 Å². The average molecular weight is 483 g/mol. The monoisotopic (exact) mass is 484 g/mol. The van der Waals surface area contributed by atoms with Crippen LogP contribution in [0.25, 0.3) is 0 Å². The molecule has 1 heterocycles. The van der Waals surface area contributed by atoms with Gasteiger partial charge in [-0.3, -0.25) is 0 Å². The number of unbranched alkanes of at least 4 members (excludes halogenated alkanes) is 15. The van der Waals surface area contributed by atoms with Gasteiger partial charge in [0.15, 0.2) is 0 Å². The van der Waals surface area contributed by atoms with Crippen molar-refractivity contribution in [3.8, 4) is 0 Å². The summed E-state index contributed by atoms with van der Waals surface area (Å²) in [7, 11) is 0. The van der Waals surface area contributed by atoms with Crippen molar-refractivity contribution >= 4 is 22.2 Å². The van der Waals surface area contributed by atoms with Crippen molar-refractivity contribution in [1.29, 1.82) is 0 Å². The van der Waals surface area contributed by atoms with Crippen LogP contribution in [0.2, 0.25) is 14.8 Å². The van der Waals surface area contributed by atoms with Crippen LogP contribution < -0.4 is 3.78 Å². The molecule has 0 N–H and O–H groups in total. The minimum absolute atomic E-state index is 1.14. The molecule has 1 nitrogen and oxygen atoms in total. The maximum atomic E-state index is 6.07. The molecular formula is C25H48OSn. The van der Waals surface area contributed by atoms with Gasteiger partial charge in [0.25, 0.3) is 0 Å². The van der Waals surface area contributed by atoms with Gasteiger partial charge in [-0.15, -0.1) is 0 Å².